The zero-order chi connectivity index (χ0) is 14.5. The van der Waals surface area contributed by atoms with E-state index in [-0.39, 0.29) is 24.4 Å². The van der Waals surface area contributed by atoms with Crippen molar-refractivity contribution >= 4 is 17.5 Å². The molecule has 0 saturated carbocycles. The van der Waals surface area contributed by atoms with Gasteiger partial charge < -0.3 is 15.8 Å². The molecule has 1 heterocycles. The molecule has 0 unspecified atom stereocenters. The summed E-state index contributed by atoms with van der Waals surface area (Å²) in [6.07, 6.45) is 1.31. The summed E-state index contributed by atoms with van der Waals surface area (Å²) in [5, 5.41) is 4.16. The van der Waals surface area contributed by atoms with E-state index in [1.165, 1.54) is 0 Å². The number of hydrogen-bond donors (Lipinski definition) is 2. The Morgan fingerprint density at radius 1 is 1.60 bits per heavy atom. The second-order valence-corrected chi connectivity index (χ2v) is 5.79. The largest absolute Gasteiger partial charge is 0.381 e. The highest BCUT2D eigenvalue weighted by Crippen LogP contribution is 2.24. The number of amides is 1. The van der Waals surface area contributed by atoms with Crippen LogP contribution in [0.3, 0.4) is 0 Å². The van der Waals surface area contributed by atoms with Gasteiger partial charge >= 0.3 is 0 Å². The van der Waals surface area contributed by atoms with Gasteiger partial charge in [-0.15, -0.1) is 0 Å². The standard InChI is InChI=1S/C15H21ClN2O2/c1-10(12-5-6-20-9-12)18-14(8-15(17)19)11-3-2-4-13(16)7-11/h2-4,7,10,12,14,18H,5-6,8-9H2,1H3,(H2,17,19)/t10-,12-,14+/m0/s1. The Balaban J connectivity index is 2.08. The van der Waals surface area contributed by atoms with Crippen LogP contribution in [0.4, 0.5) is 0 Å². The number of primary amides is 1. The number of benzene rings is 1. The zero-order valence-electron chi connectivity index (χ0n) is 11.6. The lowest BCUT2D eigenvalue weighted by Crippen LogP contribution is -2.38. The first-order chi connectivity index (χ1) is 9.56. The Hall–Kier alpha value is -1.10. The minimum Gasteiger partial charge on any atom is -0.381 e. The molecule has 110 valence electrons. The lowest BCUT2D eigenvalue weighted by Gasteiger charge is -2.26. The molecule has 0 bridgehead atoms. The van der Waals surface area contributed by atoms with Gasteiger partial charge in [-0.3, -0.25) is 4.79 Å². The van der Waals surface area contributed by atoms with Crippen molar-refractivity contribution in [1.82, 2.24) is 5.32 Å². The second kappa shape index (κ2) is 7.07. The summed E-state index contributed by atoms with van der Waals surface area (Å²) in [7, 11) is 0. The topological polar surface area (TPSA) is 64.3 Å². The molecule has 1 aliphatic heterocycles. The van der Waals surface area contributed by atoms with Gasteiger partial charge in [-0.25, -0.2) is 0 Å². The van der Waals surface area contributed by atoms with Gasteiger partial charge in [0.1, 0.15) is 0 Å². The number of rotatable bonds is 6. The average Bonchev–Trinajstić information content (AvgIpc) is 2.91. The van der Waals surface area contributed by atoms with E-state index in [1.54, 1.807) is 0 Å². The minimum absolute atomic E-state index is 0.109. The minimum atomic E-state index is -0.322. The van der Waals surface area contributed by atoms with Crippen LogP contribution in [-0.4, -0.2) is 25.2 Å². The molecule has 3 atom stereocenters. The number of nitrogens with two attached hydrogens (primary N) is 1. The third-order valence-corrected chi connectivity index (χ3v) is 4.03. The molecular formula is C15H21ClN2O2. The van der Waals surface area contributed by atoms with E-state index in [1.807, 2.05) is 24.3 Å². The van der Waals surface area contributed by atoms with Gasteiger partial charge in [0.25, 0.3) is 0 Å². The van der Waals surface area contributed by atoms with Crippen molar-refractivity contribution in [1.29, 1.82) is 0 Å². The lowest BCUT2D eigenvalue weighted by atomic mass is 9.96. The molecule has 5 heteroatoms. The molecule has 4 nitrogen and oxygen atoms in total. The van der Waals surface area contributed by atoms with Gasteiger partial charge in [-0.05, 0) is 37.0 Å². The van der Waals surface area contributed by atoms with Crippen molar-refractivity contribution in [2.24, 2.45) is 11.7 Å². The molecule has 3 N–H and O–H groups in total. The maximum absolute atomic E-state index is 11.3. The van der Waals surface area contributed by atoms with Gasteiger partial charge in [-0.1, -0.05) is 23.7 Å². The average molecular weight is 297 g/mol. The van der Waals surface area contributed by atoms with Crippen LogP contribution in [0.2, 0.25) is 5.02 Å². The van der Waals surface area contributed by atoms with Gasteiger partial charge in [0.15, 0.2) is 0 Å². The summed E-state index contributed by atoms with van der Waals surface area (Å²) in [5.41, 5.74) is 6.35. The summed E-state index contributed by atoms with van der Waals surface area (Å²) in [6, 6.07) is 7.70. The summed E-state index contributed by atoms with van der Waals surface area (Å²) in [6.45, 7) is 3.71. The Bertz CT molecular complexity index is 461. The number of hydrogen-bond acceptors (Lipinski definition) is 3. The van der Waals surface area contributed by atoms with Crippen molar-refractivity contribution in [3.8, 4) is 0 Å². The molecular weight excluding hydrogens is 276 g/mol. The number of nitrogens with one attached hydrogen (secondary N) is 1. The van der Waals surface area contributed by atoms with E-state index in [0.717, 1.165) is 25.2 Å². The number of carbonyl (C=O) groups is 1. The molecule has 0 spiro atoms. The quantitative estimate of drug-likeness (QED) is 0.846. The molecule has 2 rings (SSSR count). The normalized spacial score (nSPS) is 21.6. The highest BCUT2D eigenvalue weighted by molar-refractivity contribution is 6.30. The smallest absolute Gasteiger partial charge is 0.219 e. The van der Waals surface area contributed by atoms with Crippen molar-refractivity contribution in [3.05, 3.63) is 34.9 Å². The molecule has 1 aliphatic rings. The summed E-state index contributed by atoms with van der Waals surface area (Å²) >= 11 is 6.03. The van der Waals surface area contributed by atoms with E-state index in [4.69, 9.17) is 22.1 Å². The fourth-order valence-electron chi connectivity index (χ4n) is 2.60. The molecule has 1 amide bonds. The van der Waals surface area contributed by atoms with Crippen LogP contribution in [0.5, 0.6) is 0 Å². The molecule has 1 aromatic rings. The fraction of sp³-hybridized carbons (Fsp3) is 0.533. The molecule has 20 heavy (non-hydrogen) atoms. The maximum Gasteiger partial charge on any atom is 0.219 e. The molecule has 0 aliphatic carbocycles. The van der Waals surface area contributed by atoms with E-state index >= 15 is 0 Å². The molecule has 0 aromatic heterocycles. The van der Waals surface area contributed by atoms with Gasteiger partial charge in [0.05, 0.1) is 6.61 Å². The van der Waals surface area contributed by atoms with E-state index in [9.17, 15) is 4.79 Å². The van der Waals surface area contributed by atoms with Crippen LogP contribution in [0.1, 0.15) is 31.4 Å². The van der Waals surface area contributed by atoms with Crippen LogP contribution in [0, 0.1) is 5.92 Å². The number of halogens is 1. The molecule has 1 fully saturated rings. The number of ether oxygens (including phenoxy) is 1. The van der Waals surface area contributed by atoms with E-state index in [2.05, 4.69) is 12.2 Å². The fourth-order valence-corrected chi connectivity index (χ4v) is 2.80. The number of carbonyl (C=O) groups excluding carboxylic acids is 1. The summed E-state index contributed by atoms with van der Waals surface area (Å²) < 4.78 is 5.41. The third kappa shape index (κ3) is 4.20. The van der Waals surface area contributed by atoms with Crippen LogP contribution < -0.4 is 11.1 Å². The summed E-state index contributed by atoms with van der Waals surface area (Å²) in [5.74, 6) is 0.155. The second-order valence-electron chi connectivity index (χ2n) is 5.36. The third-order valence-electron chi connectivity index (χ3n) is 3.79. The van der Waals surface area contributed by atoms with Gasteiger partial charge in [0.2, 0.25) is 5.91 Å². The van der Waals surface area contributed by atoms with Crippen LogP contribution in [0.25, 0.3) is 0 Å². The van der Waals surface area contributed by atoms with E-state index < -0.39 is 0 Å². The SMILES string of the molecule is C[C@H](N[C@H](CC(N)=O)c1cccc(Cl)c1)[C@H]1CCOC1. The highest BCUT2D eigenvalue weighted by Gasteiger charge is 2.25. The summed E-state index contributed by atoms with van der Waals surface area (Å²) in [4.78, 5) is 11.3. The van der Waals surface area contributed by atoms with Crippen molar-refractivity contribution in [2.75, 3.05) is 13.2 Å². The van der Waals surface area contributed by atoms with Gasteiger partial charge in [-0.2, -0.15) is 0 Å². The zero-order valence-corrected chi connectivity index (χ0v) is 12.4. The van der Waals surface area contributed by atoms with Crippen LogP contribution in [-0.2, 0) is 9.53 Å². The monoisotopic (exact) mass is 296 g/mol. The van der Waals surface area contributed by atoms with E-state index in [0.29, 0.717) is 10.9 Å². The predicted octanol–water partition coefficient (Wildman–Crippen LogP) is 2.27. The first-order valence-corrected chi connectivity index (χ1v) is 7.31. The highest BCUT2D eigenvalue weighted by atomic mass is 35.5. The predicted molar refractivity (Wildman–Crippen MR) is 79.5 cm³/mol. The lowest BCUT2D eigenvalue weighted by molar-refractivity contribution is -0.118. The Morgan fingerprint density at radius 2 is 2.40 bits per heavy atom. The van der Waals surface area contributed by atoms with Gasteiger partial charge in [0, 0.05) is 30.1 Å². The maximum atomic E-state index is 11.3. The Labute approximate surface area is 124 Å². The molecule has 0 radical (unpaired) electrons. The molecule has 1 aromatic carbocycles. The first-order valence-electron chi connectivity index (χ1n) is 6.94. The van der Waals surface area contributed by atoms with Crippen molar-refractivity contribution < 1.29 is 9.53 Å². The molecule has 1 saturated heterocycles. The van der Waals surface area contributed by atoms with Crippen LogP contribution >= 0.6 is 11.6 Å². The van der Waals surface area contributed by atoms with Crippen molar-refractivity contribution in [2.45, 2.75) is 31.8 Å². The Morgan fingerprint density at radius 3 is 3.00 bits per heavy atom. The Kier molecular flexibility index (Phi) is 5.40. The first kappa shape index (κ1) is 15.3. The van der Waals surface area contributed by atoms with Crippen LogP contribution in [0.15, 0.2) is 24.3 Å². The van der Waals surface area contributed by atoms with Crippen molar-refractivity contribution in [3.63, 3.8) is 0 Å².